The third-order valence-electron chi connectivity index (χ3n) is 7.86. The molecule has 52 heavy (non-hydrogen) atoms. The molecule has 0 aromatic heterocycles. The van der Waals surface area contributed by atoms with Crippen LogP contribution in [0.1, 0.15) is 36.8 Å². The highest BCUT2D eigenvalue weighted by molar-refractivity contribution is 5.95. The summed E-state index contributed by atoms with van der Waals surface area (Å²) in [6.07, 6.45) is 0.0431. The summed E-state index contributed by atoms with van der Waals surface area (Å²) in [6.45, 7) is 0.944. The predicted molar refractivity (Wildman–Crippen MR) is 207 cm³/mol. The number of amides is 5. The van der Waals surface area contributed by atoms with Crippen LogP contribution in [0.3, 0.4) is 0 Å². The van der Waals surface area contributed by atoms with Crippen molar-refractivity contribution in [2.45, 2.75) is 62.7 Å². The maximum Gasteiger partial charge on any atom is 0.243 e. The van der Waals surface area contributed by atoms with Gasteiger partial charge in [-0.3, -0.25) is 24.0 Å². The number of phenols is 2. The number of rotatable bonds is 13. The molecule has 4 atom stereocenters. The molecule has 20 heteroatoms. The Labute approximate surface area is 327 Å². The number of carbonyl (C=O) groups excluding carboxylic acids is 5. The number of nitrogens with two attached hydrogens (primary N) is 4. The molecule has 5 amide bonds. The first-order valence-corrected chi connectivity index (χ1v) is 15.9. The Kier molecular flexibility index (Phi) is 24.6. The van der Waals surface area contributed by atoms with Crippen LogP contribution in [0.2, 0.25) is 0 Å². The normalized spacial score (nSPS) is 17.3. The molecule has 4 bridgehead atoms. The Bertz CT molecular complexity index is 1480. The van der Waals surface area contributed by atoms with Crippen molar-refractivity contribution in [2.24, 2.45) is 22.9 Å². The second-order valence-electron chi connectivity index (χ2n) is 11.6. The topological polar surface area (TPSA) is 290 Å². The van der Waals surface area contributed by atoms with Gasteiger partial charge in [-0.1, -0.05) is 12.1 Å². The number of benzene rings is 2. The van der Waals surface area contributed by atoms with E-state index in [1.807, 2.05) is 0 Å². The van der Waals surface area contributed by atoms with Crippen molar-refractivity contribution in [3.05, 3.63) is 47.5 Å². The summed E-state index contributed by atoms with van der Waals surface area (Å²) in [7, 11) is 0. The van der Waals surface area contributed by atoms with E-state index in [2.05, 4.69) is 26.6 Å². The van der Waals surface area contributed by atoms with E-state index in [1.165, 1.54) is 12.1 Å². The highest BCUT2D eigenvalue weighted by atomic mass is 35.5. The standard InChI is InChI=1S/C32H47N9O7.4ClH/c33-9-1-2-23-31(47)41-25(32(48)40-24(30(46)38-13-11-35)5-8-28(44)37-12-10-34)17-21-15-19(4-7-27(21)43)18-3-6-26(42)20(14-18)16-22(36)29(45)39-23;;;;/h3-4,6-7,14-15,22-25,42-43H,1-2,5,8-13,16-17,33-36H2,(H,37,44)(H,38,46)(H,39,45)(H,40,48)(H,41,47);4*1H/t22-,23-,24-,25-;;;;/m0..../s1. The lowest BCUT2D eigenvalue weighted by Crippen LogP contribution is -2.58. The van der Waals surface area contributed by atoms with Gasteiger partial charge in [-0.2, -0.15) is 0 Å². The van der Waals surface area contributed by atoms with Crippen molar-refractivity contribution in [3.63, 3.8) is 0 Å². The molecular formula is C32H51Cl4N9O7. The van der Waals surface area contributed by atoms with Gasteiger partial charge < -0.3 is 59.7 Å². The first-order chi connectivity index (χ1) is 23.0. The minimum absolute atomic E-state index is 0. The molecule has 1 aliphatic heterocycles. The molecule has 1 aliphatic rings. The molecule has 15 N–H and O–H groups in total. The molecule has 294 valence electrons. The van der Waals surface area contributed by atoms with Gasteiger partial charge in [0.25, 0.3) is 0 Å². The molecule has 2 aromatic carbocycles. The second-order valence-corrected chi connectivity index (χ2v) is 11.6. The fraction of sp³-hybridized carbons (Fsp3) is 0.469. The van der Waals surface area contributed by atoms with Gasteiger partial charge in [-0.05, 0) is 72.3 Å². The van der Waals surface area contributed by atoms with E-state index in [0.717, 1.165) is 0 Å². The van der Waals surface area contributed by atoms with Crippen LogP contribution < -0.4 is 49.5 Å². The third-order valence-corrected chi connectivity index (χ3v) is 7.86. The van der Waals surface area contributed by atoms with Gasteiger partial charge in [0.2, 0.25) is 29.5 Å². The highest BCUT2D eigenvalue weighted by Gasteiger charge is 2.32. The number of aromatic hydroxyl groups is 2. The van der Waals surface area contributed by atoms with Gasteiger partial charge in [0, 0.05) is 45.4 Å². The smallest absolute Gasteiger partial charge is 0.243 e. The number of hydrogen-bond acceptors (Lipinski definition) is 11. The fourth-order valence-electron chi connectivity index (χ4n) is 5.19. The van der Waals surface area contributed by atoms with Crippen molar-refractivity contribution in [1.82, 2.24) is 26.6 Å². The molecule has 0 fully saturated rings. The Balaban J connectivity index is 0. The van der Waals surface area contributed by atoms with E-state index in [-0.39, 0.29) is 132 Å². The zero-order chi connectivity index (χ0) is 35.2. The van der Waals surface area contributed by atoms with Crippen LogP contribution in [0.25, 0.3) is 11.1 Å². The van der Waals surface area contributed by atoms with Gasteiger partial charge in [-0.15, -0.1) is 49.6 Å². The molecule has 0 saturated carbocycles. The van der Waals surface area contributed by atoms with Crippen molar-refractivity contribution in [3.8, 4) is 22.6 Å². The van der Waals surface area contributed by atoms with Crippen molar-refractivity contribution in [2.75, 3.05) is 32.7 Å². The number of nitrogens with one attached hydrogen (secondary N) is 5. The van der Waals surface area contributed by atoms with Crippen LogP contribution in [0, 0.1) is 0 Å². The summed E-state index contributed by atoms with van der Waals surface area (Å²) in [5, 5.41) is 34.5. The molecule has 0 radical (unpaired) electrons. The zero-order valence-corrected chi connectivity index (χ0v) is 31.7. The Morgan fingerprint density at radius 3 is 1.90 bits per heavy atom. The van der Waals surface area contributed by atoms with Crippen LogP contribution in [-0.4, -0.2) is 96.6 Å². The quantitative estimate of drug-likeness (QED) is 0.117. The predicted octanol–water partition coefficient (Wildman–Crippen LogP) is -0.999. The van der Waals surface area contributed by atoms with Crippen molar-refractivity contribution in [1.29, 1.82) is 0 Å². The number of hydrogen-bond donors (Lipinski definition) is 11. The molecule has 3 rings (SSSR count). The lowest BCUT2D eigenvalue weighted by Gasteiger charge is -2.26. The summed E-state index contributed by atoms with van der Waals surface area (Å²) in [5.41, 5.74) is 24.8. The minimum Gasteiger partial charge on any atom is -0.508 e. The lowest BCUT2D eigenvalue weighted by atomic mass is 9.95. The summed E-state index contributed by atoms with van der Waals surface area (Å²) in [6, 6.07) is 4.73. The van der Waals surface area contributed by atoms with E-state index in [0.29, 0.717) is 28.7 Å². The Hall–Kier alpha value is -3.61. The second kappa shape index (κ2) is 25.4. The molecule has 1 heterocycles. The highest BCUT2D eigenvalue weighted by Crippen LogP contribution is 2.31. The van der Waals surface area contributed by atoms with E-state index < -0.39 is 47.8 Å². The molecule has 0 aliphatic carbocycles. The number of phenolic OH excluding ortho intramolecular Hbond substituents is 2. The number of carbonyl (C=O) groups is 5. The van der Waals surface area contributed by atoms with Gasteiger partial charge in [0.1, 0.15) is 29.6 Å². The third kappa shape index (κ3) is 15.2. The maximum atomic E-state index is 13.9. The van der Waals surface area contributed by atoms with Crippen LogP contribution >= 0.6 is 49.6 Å². The monoisotopic (exact) mass is 813 g/mol. The van der Waals surface area contributed by atoms with Gasteiger partial charge in [0.15, 0.2) is 0 Å². The van der Waals surface area contributed by atoms with E-state index in [9.17, 15) is 34.2 Å². The average Bonchev–Trinajstić information content (AvgIpc) is 3.07. The van der Waals surface area contributed by atoms with Crippen LogP contribution in [0.4, 0.5) is 0 Å². The first-order valence-electron chi connectivity index (χ1n) is 15.9. The van der Waals surface area contributed by atoms with Gasteiger partial charge in [-0.25, -0.2) is 0 Å². The van der Waals surface area contributed by atoms with E-state index in [4.69, 9.17) is 22.9 Å². The molecule has 0 unspecified atom stereocenters. The molecular weight excluding hydrogens is 764 g/mol. The van der Waals surface area contributed by atoms with Crippen LogP contribution in [0.15, 0.2) is 36.4 Å². The zero-order valence-electron chi connectivity index (χ0n) is 28.4. The van der Waals surface area contributed by atoms with Crippen molar-refractivity contribution < 1.29 is 34.2 Å². The average molecular weight is 816 g/mol. The van der Waals surface area contributed by atoms with E-state index >= 15 is 0 Å². The summed E-state index contributed by atoms with van der Waals surface area (Å²) in [4.78, 5) is 66.0. The number of fused-ring (bicyclic) bond motifs is 5. The summed E-state index contributed by atoms with van der Waals surface area (Å²) < 4.78 is 0. The molecule has 0 spiro atoms. The largest absolute Gasteiger partial charge is 0.508 e. The minimum atomic E-state index is -1.35. The van der Waals surface area contributed by atoms with Crippen LogP contribution in [0.5, 0.6) is 11.5 Å². The fourth-order valence-corrected chi connectivity index (χ4v) is 5.19. The van der Waals surface area contributed by atoms with Gasteiger partial charge >= 0.3 is 0 Å². The molecule has 0 saturated heterocycles. The van der Waals surface area contributed by atoms with Crippen LogP contribution in [-0.2, 0) is 36.8 Å². The molecule has 2 aromatic rings. The van der Waals surface area contributed by atoms with E-state index in [1.54, 1.807) is 24.3 Å². The number of halogens is 4. The lowest BCUT2D eigenvalue weighted by molar-refractivity contribution is -0.134. The Morgan fingerprint density at radius 2 is 1.35 bits per heavy atom. The maximum absolute atomic E-state index is 13.9. The van der Waals surface area contributed by atoms with Gasteiger partial charge in [0.05, 0.1) is 6.04 Å². The SMILES string of the molecule is Cl.Cl.Cl.Cl.NCCC[C@@H]1NC(=O)[C@@H](N)Cc2cc(ccc2O)-c2ccc(O)c(c2)C[C@@H](C(=O)N[C@@H](CCC(=O)NCCN)C(=O)NCCN)NC1=O. The molecule has 16 nitrogen and oxygen atoms in total. The summed E-state index contributed by atoms with van der Waals surface area (Å²) in [5.74, 6) is -3.33. The first kappa shape index (κ1) is 50.5. The van der Waals surface area contributed by atoms with Crippen molar-refractivity contribution >= 4 is 79.2 Å². The Morgan fingerprint density at radius 1 is 0.788 bits per heavy atom. The summed E-state index contributed by atoms with van der Waals surface area (Å²) >= 11 is 0.